The van der Waals surface area contributed by atoms with Gasteiger partial charge in [-0.2, -0.15) is 0 Å². The van der Waals surface area contributed by atoms with E-state index in [0.29, 0.717) is 51.0 Å². The Hall–Kier alpha value is -2.40. The molecule has 10 nitrogen and oxygen atoms in total. The van der Waals surface area contributed by atoms with Crippen molar-refractivity contribution in [1.82, 2.24) is 19.7 Å². The van der Waals surface area contributed by atoms with Crippen LogP contribution in [0, 0.1) is 0 Å². The van der Waals surface area contributed by atoms with E-state index in [1.165, 1.54) is 18.4 Å². The monoisotopic (exact) mass is 411 g/mol. The molecule has 0 unspecified atom stereocenters. The summed E-state index contributed by atoms with van der Waals surface area (Å²) in [6.07, 6.45) is -0.127. The number of hydrogen-bond acceptors (Lipinski definition) is 8. The smallest absolute Gasteiger partial charge is 0.413 e. The van der Waals surface area contributed by atoms with Crippen molar-refractivity contribution in [2.24, 2.45) is 0 Å². The van der Waals surface area contributed by atoms with Gasteiger partial charge < -0.3 is 19.3 Å². The molecule has 1 saturated heterocycles. The maximum atomic E-state index is 12.6. The molecule has 11 heteroatoms. The first-order valence-corrected chi connectivity index (χ1v) is 10.1. The Kier molecular flexibility index (Phi) is 6.68. The third kappa shape index (κ3) is 4.90. The van der Waals surface area contributed by atoms with Crippen LogP contribution in [-0.2, 0) is 27.2 Å². The van der Waals surface area contributed by atoms with Crippen molar-refractivity contribution in [2.45, 2.75) is 19.9 Å². The lowest BCUT2D eigenvalue weighted by atomic mass is 10.2. The number of amides is 3. The number of piperazine rings is 1. The van der Waals surface area contributed by atoms with E-state index in [2.05, 4.69) is 19.9 Å². The third-order valence-electron chi connectivity index (χ3n) is 4.72. The van der Waals surface area contributed by atoms with Gasteiger partial charge >= 0.3 is 12.2 Å². The highest BCUT2D eigenvalue weighted by Gasteiger charge is 2.28. The molecular formula is C17H25N5O5S. The average molecular weight is 411 g/mol. The van der Waals surface area contributed by atoms with Gasteiger partial charge in [0.05, 0.1) is 26.0 Å². The SMILES string of the molecule is CCOC(=O)N1CCN(C(=O)CN2CCc3nc(NC(=O)OC)sc3C2)CC1. The second-order valence-corrected chi connectivity index (χ2v) is 7.62. The minimum absolute atomic E-state index is 0.0596. The second kappa shape index (κ2) is 9.20. The van der Waals surface area contributed by atoms with E-state index in [1.54, 1.807) is 16.7 Å². The predicted octanol–water partition coefficient (Wildman–Crippen LogP) is 0.980. The van der Waals surface area contributed by atoms with Crippen LogP contribution in [0.25, 0.3) is 0 Å². The molecular weight excluding hydrogens is 386 g/mol. The molecule has 3 heterocycles. The molecule has 2 aliphatic heterocycles. The molecule has 28 heavy (non-hydrogen) atoms. The molecule has 3 rings (SSSR count). The molecule has 0 spiro atoms. The van der Waals surface area contributed by atoms with Crippen LogP contribution in [0.1, 0.15) is 17.5 Å². The molecule has 2 aliphatic rings. The van der Waals surface area contributed by atoms with E-state index >= 15 is 0 Å². The largest absolute Gasteiger partial charge is 0.453 e. The number of fused-ring (bicyclic) bond motifs is 1. The molecule has 0 aromatic carbocycles. The molecule has 0 aliphatic carbocycles. The van der Waals surface area contributed by atoms with Crippen molar-refractivity contribution in [3.8, 4) is 0 Å². The molecule has 0 radical (unpaired) electrons. The number of nitrogens with zero attached hydrogens (tertiary/aromatic N) is 4. The highest BCUT2D eigenvalue weighted by atomic mass is 32.1. The van der Waals surface area contributed by atoms with E-state index in [9.17, 15) is 14.4 Å². The van der Waals surface area contributed by atoms with Crippen molar-refractivity contribution in [2.75, 3.05) is 58.3 Å². The Morgan fingerprint density at radius 2 is 1.86 bits per heavy atom. The van der Waals surface area contributed by atoms with Crippen molar-refractivity contribution >= 4 is 34.6 Å². The van der Waals surface area contributed by atoms with Crippen LogP contribution in [0.5, 0.6) is 0 Å². The maximum absolute atomic E-state index is 12.6. The van der Waals surface area contributed by atoms with Gasteiger partial charge in [-0.25, -0.2) is 14.6 Å². The van der Waals surface area contributed by atoms with Crippen LogP contribution in [-0.4, -0.2) is 90.8 Å². The lowest BCUT2D eigenvalue weighted by Crippen LogP contribution is -2.53. The van der Waals surface area contributed by atoms with Gasteiger partial charge in [0.2, 0.25) is 5.91 Å². The molecule has 1 N–H and O–H groups in total. The third-order valence-corrected chi connectivity index (χ3v) is 5.72. The van der Waals surface area contributed by atoms with Crippen molar-refractivity contribution in [3.63, 3.8) is 0 Å². The summed E-state index contributed by atoms with van der Waals surface area (Å²) in [6, 6.07) is 0. The van der Waals surface area contributed by atoms with E-state index in [4.69, 9.17) is 4.74 Å². The van der Waals surface area contributed by atoms with Gasteiger partial charge in [-0.15, -0.1) is 0 Å². The summed E-state index contributed by atoms with van der Waals surface area (Å²) in [5, 5.41) is 3.10. The Labute approximate surface area is 167 Å². The molecule has 154 valence electrons. The van der Waals surface area contributed by atoms with Gasteiger partial charge in [-0.1, -0.05) is 11.3 Å². The van der Waals surface area contributed by atoms with Gasteiger partial charge in [-0.3, -0.25) is 15.0 Å². The molecule has 1 fully saturated rings. The number of anilines is 1. The molecule has 0 saturated carbocycles. The maximum Gasteiger partial charge on any atom is 0.413 e. The molecule has 1 aromatic rings. The summed E-state index contributed by atoms with van der Waals surface area (Å²) in [4.78, 5) is 46.7. The van der Waals surface area contributed by atoms with E-state index < -0.39 is 6.09 Å². The topological polar surface area (TPSA) is 104 Å². The zero-order valence-corrected chi connectivity index (χ0v) is 16.9. The van der Waals surface area contributed by atoms with Crippen LogP contribution < -0.4 is 5.32 Å². The Balaban J connectivity index is 1.48. The second-order valence-electron chi connectivity index (χ2n) is 6.53. The number of nitrogens with one attached hydrogen (secondary N) is 1. The summed E-state index contributed by atoms with van der Waals surface area (Å²) < 4.78 is 9.59. The van der Waals surface area contributed by atoms with Crippen molar-refractivity contribution in [3.05, 3.63) is 10.6 Å². The van der Waals surface area contributed by atoms with Crippen LogP contribution in [0.3, 0.4) is 0 Å². The van der Waals surface area contributed by atoms with E-state index in [-0.39, 0.29) is 12.0 Å². The highest BCUT2D eigenvalue weighted by molar-refractivity contribution is 7.15. The number of thiazole rings is 1. The lowest BCUT2D eigenvalue weighted by Gasteiger charge is -2.35. The Bertz CT molecular complexity index is 732. The summed E-state index contributed by atoms with van der Waals surface area (Å²) in [7, 11) is 1.31. The average Bonchev–Trinajstić information content (AvgIpc) is 3.09. The minimum atomic E-state index is -0.542. The van der Waals surface area contributed by atoms with Gasteiger partial charge in [0.25, 0.3) is 0 Å². The fourth-order valence-corrected chi connectivity index (χ4v) is 4.26. The van der Waals surface area contributed by atoms with Crippen LogP contribution >= 0.6 is 11.3 Å². The van der Waals surface area contributed by atoms with Crippen LogP contribution in [0.15, 0.2) is 0 Å². The first-order valence-electron chi connectivity index (χ1n) is 9.25. The first-order chi connectivity index (χ1) is 13.5. The number of carbonyl (C=O) groups excluding carboxylic acids is 3. The first kappa shape index (κ1) is 20.3. The molecule has 0 atom stereocenters. The number of ether oxygens (including phenoxy) is 2. The van der Waals surface area contributed by atoms with E-state index in [0.717, 1.165) is 23.5 Å². The Morgan fingerprint density at radius 1 is 1.14 bits per heavy atom. The van der Waals surface area contributed by atoms with Crippen LogP contribution in [0.4, 0.5) is 14.7 Å². The summed E-state index contributed by atoms with van der Waals surface area (Å²) in [5.41, 5.74) is 0.961. The molecule has 1 aromatic heterocycles. The standard InChI is InChI=1S/C17H25N5O5S/c1-3-27-17(25)22-8-6-21(7-9-22)14(23)11-20-5-4-12-13(10-20)28-15(18-12)19-16(24)26-2/h3-11H2,1-2H3,(H,18,19,24). The lowest BCUT2D eigenvalue weighted by molar-refractivity contribution is -0.134. The number of carbonyl (C=O) groups is 3. The zero-order chi connectivity index (χ0) is 20.1. The number of aromatic nitrogens is 1. The quantitative estimate of drug-likeness (QED) is 0.787. The van der Waals surface area contributed by atoms with Gasteiger partial charge in [0.1, 0.15) is 0 Å². The zero-order valence-electron chi connectivity index (χ0n) is 16.1. The van der Waals surface area contributed by atoms with Crippen molar-refractivity contribution < 1.29 is 23.9 Å². The highest BCUT2D eigenvalue weighted by Crippen LogP contribution is 2.28. The number of rotatable bonds is 4. The fourth-order valence-electron chi connectivity index (χ4n) is 3.22. The molecule has 3 amide bonds. The Morgan fingerprint density at radius 3 is 2.54 bits per heavy atom. The summed E-state index contributed by atoms with van der Waals surface area (Å²) >= 11 is 1.41. The minimum Gasteiger partial charge on any atom is -0.453 e. The van der Waals surface area contributed by atoms with Crippen molar-refractivity contribution in [1.29, 1.82) is 0 Å². The predicted molar refractivity (Wildman–Crippen MR) is 102 cm³/mol. The summed E-state index contributed by atoms with van der Waals surface area (Å²) in [5.74, 6) is 0.0596. The van der Waals surface area contributed by atoms with Crippen LogP contribution in [0.2, 0.25) is 0 Å². The van der Waals surface area contributed by atoms with Gasteiger partial charge in [0, 0.05) is 50.6 Å². The number of methoxy groups -OCH3 is 1. The van der Waals surface area contributed by atoms with E-state index in [1.807, 2.05) is 0 Å². The normalized spacial score (nSPS) is 17.1. The number of hydrogen-bond donors (Lipinski definition) is 1. The van der Waals surface area contributed by atoms with Gasteiger partial charge in [0.15, 0.2) is 5.13 Å². The summed E-state index contributed by atoms with van der Waals surface area (Å²) in [6.45, 7) is 5.85. The molecule has 0 bridgehead atoms. The van der Waals surface area contributed by atoms with Gasteiger partial charge in [-0.05, 0) is 6.92 Å². The fraction of sp³-hybridized carbons (Fsp3) is 0.647.